The van der Waals surface area contributed by atoms with Crippen LogP contribution in [0.4, 0.5) is 0 Å². The lowest BCUT2D eigenvalue weighted by atomic mass is 10.1. The highest BCUT2D eigenvalue weighted by Crippen LogP contribution is 2.26. The van der Waals surface area contributed by atoms with Gasteiger partial charge in [-0.15, -0.1) is 0 Å². The van der Waals surface area contributed by atoms with E-state index in [2.05, 4.69) is 0 Å². The lowest BCUT2D eigenvalue weighted by Gasteiger charge is -2.34. The molecule has 0 aliphatic carbocycles. The van der Waals surface area contributed by atoms with Crippen LogP contribution < -0.4 is 0 Å². The molecular formula is C16H20N2O4S. The second kappa shape index (κ2) is 5.96. The van der Waals surface area contributed by atoms with Crippen molar-refractivity contribution in [1.82, 2.24) is 9.80 Å². The van der Waals surface area contributed by atoms with Gasteiger partial charge < -0.3 is 9.80 Å². The second-order valence-electron chi connectivity index (χ2n) is 6.04. The van der Waals surface area contributed by atoms with Crippen LogP contribution in [0.25, 0.3) is 0 Å². The van der Waals surface area contributed by atoms with Crippen molar-refractivity contribution >= 4 is 21.7 Å². The van der Waals surface area contributed by atoms with E-state index in [0.29, 0.717) is 49.5 Å². The van der Waals surface area contributed by atoms with Crippen LogP contribution in [0, 0.1) is 0 Å². The average molecular weight is 336 g/mol. The van der Waals surface area contributed by atoms with E-state index in [9.17, 15) is 18.0 Å². The standard InChI is InChI=1S/C16H20N2O4S/c1-12(19)17-6-8-18(9-7-17)16(20)14-4-5-15-13(11-14)3-2-10-23(15,21)22/h4-5,11H,2-3,6-10H2,1H3. The fourth-order valence-electron chi connectivity index (χ4n) is 3.18. The Morgan fingerprint density at radius 2 is 1.70 bits per heavy atom. The predicted octanol–water partition coefficient (Wildman–Crippen LogP) is 0.711. The number of aryl methyl sites for hydroxylation is 1. The van der Waals surface area contributed by atoms with Gasteiger partial charge in [-0.25, -0.2) is 8.42 Å². The Labute approximate surface area is 136 Å². The first-order valence-corrected chi connectivity index (χ1v) is 9.44. The molecule has 0 N–H and O–H groups in total. The summed E-state index contributed by atoms with van der Waals surface area (Å²) < 4.78 is 24.0. The Hall–Kier alpha value is -1.89. The molecule has 0 bridgehead atoms. The molecule has 23 heavy (non-hydrogen) atoms. The smallest absolute Gasteiger partial charge is 0.253 e. The first kappa shape index (κ1) is 16.0. The largest absolute Gasteiger partial charge is 0.339 e. The van der Waals surface area contributed by atoms with Crippen LogP contribution in [0.15, 0.2) is 23.1 Å². The molecule has 3 rings (SSSR count). The fourth-order valence-corrected chi connectivity index (χ4v) is 4.76. The molecule has 1 fully saturated rings. The van der Waals surface area contributed by atoms with Gasteiger partial charge in [0.2, 0.25) is 5.91 Å². The van der Waals surface area contributed by atoms with Crippen molar-refractivity contribution in [2.75, 3.05) is 31.9 Å². The maximum atomic E-state index is 12.6. The van der Waals surface area contributed by atoms with Gasteiger partial charge in [0.05, 0.1) is 10.6 Å². The molecule has 7 heteroatoms. The number of piperazine rings is 1. The summed E-state index contributed by atoms with van der Waals surface area (Å²) in [4.78, 5) is 27.7. The molecule has 2 heterocycles. The van der Waals surface area contributed by atoms with Gasteiger partial charge in [0.15, 0.2) is 9.84 Å². The van der Waals surface area contributed by atoms with Crippen molar-refractivity contribution in [3.8, 4) is 0 Å². The molecule has 124 valence electrons. The third-order valence-corrected chi connectivity index (χ3v) is 6.41. The predicted molar refractivity (Wildman–Crippen MR) is 85.0 cm³/mol. The van der Waals surface area contributed by atoms with Gasteiger partial charge in [0, 0.05) is 38.7 Å². The van der Waals surface area contributed by atoms with E-state index in [0.717, 1.165) is 5.56 Å². The Balaban J connectivity index is 1.78. The fraction of sp³-hybridized carbons (Fsp3) is 0.500. The highest BCUT2D eigenvalue weighted by atomic mass is 32.2. The van der Waals surface area contributed by atoms with Crippen LogP contribution in [0.1, 0.15) is 29.3 Å². The van der Waals surface area contributed by atoms with Crippen molar-refractivity contribution in [3.63, 3.8) is 0 Å². The number of carbonyl (C=O) groups is 2. The summed E-state index contributed by atoms with van der Waals surface area (Å²) in [7, 11) is -3.20. The molecule has 0 atom stereocenters. The monoisotopic (exact) mass is 336 g/mol. The Morgan fingerprint density at radius 3 is 2.35 bits per heavy atom. The van der Waals surface area contributed by atoms with Crippen molar-refractivity contribution in [3.05, 3.63) is 29.3 Å². The molecule has 6 nitrogen and oxygen atoms in total. The Morgan fingerprint density at radius 1 is 1.04 bits per heavy atom. The number of nitrogens with zero attached hydrogens (tertiary/aromatic N) is 2. The SMILES string of the molecule is CC(=O)N1CCN(C(=O)c2ccc3c(c2)CCCS3(=O)=O)CC1. The minimum absolute atomic E-state index is 0.0242. The maximum absolute atomic E-state index is 12.6. The zero-order chi connectivity index (χ0) is 16.6. The summed E-state index contributed by atoms with van der Waals surface area (Å²) in [6.45, 7) is 3.63. The van der Waals surface area contributed by atoms with E-state index < -0.39 is 9.84 Å². The van der Waals surface area contributed by atoms with Gasteiger partial charge in [-0.1, -0.05) is 0 Å². The molecule has 0 unspecified atom stereocenters. The summed E-state index contributed by atoms with van der Waals surface area (Å²) in [5.74, 6) is 0.107. The first-order valence-electron chi connectivity index (χ1n) is 7.79. The highest BCUT2D eigenvalue weighted by molar-refractivity contribution is 7.91. The normalized spacial score (nSPS) is 20.0. The van der Waals surface area contributed by atoms with Crippen molar-refractivity contribution in [2.45, 2.75) is 24.7 Å². The van der Waals surface area contributed by atoms with Crippen LogP contribution in [-0.4, -0.2) is 62.0 Å². The van der Waals surface area contributed by atoms with E-state index in [1.54, 1.807) is 28.0 Å². The number of hydrogen-bond donors (Lipinski definition) is 0. The van der Waals surface area contributed by atoms with Gasteiger partial charge in [-0.05, 0) is 36.6 Å². The lowest BCUT2D eigenvalue weighted by Crippen LogP contribution is -2.50. The quantitative estimate of drug-likeness (QED) is 0.757. The maximum Gasteiger partial charge on any atom is 0.253 e. The molecular weight excluding hydrogens is 316 g/mol. The van der Waals surface area contributed by atoms with Crippen LogP contribution in [0.3, 0.4) is 0 Å². The zero-order valence-corrected chi connectivity index (χ0v) is 13.9. The molecule has 0 radical (unpaired) electrons. The van der Waals surface area contributed by atoms with Crippen molar-refractivity contribution < 1.29 is 18.0 Å². The number of carbonyl (C=O) groups excluding carboxylic acids is 2. The molecule has 2 amide bonds. The third kappa shape index (κ3) is 3.10. The van der Waals surface area contributed by atoms with E-state index >= 15 is 0 Å². The van der Waals surface area contributed by atoms with Crippen molar-refractivity contribution in [1.29, 1.82) is 0 Å². The Bertz CT molecular complexity index is 749. The second-order valence-corrected chi connectivity index (χ2v) is 8.12. The van der Waals surface area contributed by atoms with E-state index in [4.69, 9.17) is 0 Å². The number of rotatable bonds is 1. The summed E-state index contributed by atoms with van der Waals surface area (Å²) in [6.07, 6.45) is 1.29. The van der Waals surface area contributed by atoms with Crippen LogP contribution >= 0.6 is 0 Å². The van der Waals surface area contributed by atoms with E-state index in [1.165, 1.54) is 6.92 Å². The number of fused-ring (bicyclic) bond motifs is 1. The molecule has 0 saturated carbocycles. The van der Waals surface area contributed by atoms with Gasteiger partial charge in [-0.3, -0.25) is 9.59 Å². The molecule has 0 aromatic heterocycles. The third-order valence-electron chi connectivity index (χ3n) is 4.51. The topological polar surface area (TPSA) is 74.8 Å². The van der Waals surface area contributed by atoms with Gasteiger partial charge in [0.1, 0.15) is 0 Å². The average Bonchev–Trinajstić information content (AvgIpc) is 2.53. The highest BCUT2D eigenvalue weighted by Gasteiger charge is 2.27. The van der Waals surface area contributed by atoms with Crippen LogP contribution in [0.2, 0.25) is 0 Å². The van der Waals surface area contributed by atoms with Crippen molar-refractivity contribution in [2.24, 2.45) is 0 Å². The molecule has 1 aromatic carbocycles. The zero-order valence-electron chi connectivity index (χ0n) is 13.1. The van der Waals surface area contributed by atoms with Gasteiger partial charge in [-0.2, -0.15) is 0 Å². The summed E-state index contributed by atoms with van der Waals surface area (Å²) in [6, 6.07) is 4.87. The van der Waals surface area contributed by atoms with Crippen LogP contribution in [0.5, 0.6) is 0 Å². The van der Waals surface area contributed by atoms with Gasteiger partial charge in [0.25, 0.3) is 5.91 Å². The summed E-state index contributed by atoms with van der Waals surface area (Å²) in [5.41, 5.74) is 1.27. The Kier molecular flexibility index (Phi) is 4.14. The number of benzene rings is 1. The van der Waals surface area contributed by atoms with E-state index in [1.807, 2.05) is 0 Å². The minimum Gasteiger partial charge on any atom is -0.339 e. The lowest BCUT2D eigenvalue weighted by molar-refractivity contribution is -0.130. The number of amides is 2. The molecule has 1 saturated heterocycles. The molecule has 2 aliphatic heterocycles. The number of hydrogen-bond acceptors (Lipinski definition) is 4. The summed E-state index contributed by atoms with van der Waals surface area (Å²) >= 11 is 0. The molecule has 0 spiro atoms. The van der Waals surface area contributed by atoms with E-state index in [-0.39, 0.29) is 17.6 Å². The molecule has 2 aliphatic rings. The first-order chi connectivity index (χ1) is 10.9. The minimum atomic E-state index is -3.20. The van der Waals surface area contributed by atoms with Crippen LogP contribution in [-0.2, 0) is 21.1 Å². The number of sulfone groups is 1. The summed E-state index contributed by atoms with van der Waals surface area (Å²) in [5, 5.41) is 0. The molecule has 1 aromatic rings. The van der Waals surface area contributed by atoms with Gasteiger partial charge >= 0.3 is 0 Å².